The van der Waals surface area contributed by atoms with Crippen LogP contribution in [0.4, 0.5) is 0 Å². The molecule has 6 heteroatoms. The number of hydrogen-bond acceptors (Lipinski definition) is 4. The maximum absolute atomic E-state index is 11.9. The molecule has 0 radical (unpaired) electrons. The smallest absolute Gasteiger partial charge is 0.345 e. The Balaban J connectivity index is 1.83. The molecule has 0 spiro atoms. The second kappa shape index (κ2) is 6.67. The van der Waals surface area contributed by atoms with Gasteiger partial charge in [-0.2, -0.15) is 0 Å². The summed E-state index contributed by atoms with van der Waals surface area (Å²) in [6, 6.07) is 7.11. The highest BCUT2D eigenvalue weighted by Gasteiger charge is 2.13. The van der Waals surface area contributed by atoms with Gasteiger partial charge in [-0.3, -0.25) is 4.79 Å². The zero-order chi connectivity index (χ0) is 14.5. The van der Waals surface area contributed by atoms with Crippen LogP contribution >= 0.6 is 22.7 Å². The molecule has 0 aliphatic heterocycles. The monoisotopic (exact) mass is 309 g/mol. The number of carbonyl (C=O) groups is 2. The van der Waals surface area contributed by atoms with Gasteiger partial charge < -0.3 is 10.4 Å². The average molecular weight is 309 g/mol. The minimum Gasteiger partial charge on any atom is -0.477 e. The normalized spacial score (nSPS) is 12.1. The lowest BCUT2D eigenvalue weighted by molar-refractivity contribution is 0.0702. The number of carboxylic acid groups (broad SMARTS) is 1. The molecule has 2 heterocycles. The largest absolute Gasteiger partial charge is 0.477 e. The van der Waals surface area contributed by atoms with Crippen LogP contribution in [-0.4, -0.2) is 23.5 Å². The molecule has 4 nitrogen and oxygen atoms in total. The third-order valence-corrected chi connectivity index (χ3v) is 4.75. The van der Waals surface area contributed by atoms with Crippen molar-refractivity contribution in [1.29, 1.82) is 0 Å². The van der Waals surface area contributed by atoms with Crippen molar-refractivity contribution in [1.82, 2.24) is 5.32 Å². The topological polar surface area (TPSA) is 66.4 Å². The van der Waals surface area contributed by atoms with E-state index in [0.717, 1.165) is 17.8 Å². The third-order valence-electron chi connectivity index (χ3n) is 2.78. The highest BCUT2D eigenvalue weighted by atomic mass is 32.1. The third kappa shape index (κ3) is 3.91. The molecular formula is C14H15NO3S2. The summed E-state index contributed by atoms with van der Waals surface area (Å²) in [7, 11) is 0. The number of carboxylic acids is 1. The van der Waals surface area contributed by atoms with E-state index in [1.165, 1.54) is 10.9 Å². The minimum atomic E-state index is -1.000. The Morgan fingerprint density at radius 3 is 2.65 bits per heavy atom. The first-order valence-corrected chi connectivity index (χ1v) is 7.89. The summed E-state index contributed by atoms with van der Waals surface area (Å²) in [5, 5.41) is 13.7. The highest BCUT2D eigenvalue weighted by molar-refractivity contribution is 7.15. The van der Waals surface area contributed by atoms with E-state index >= 15 is 0 Å². The zero-order valence-electron chi connectivity index (χ0n) is 11.0. The van der Waals surface area contributed by atoms with Crippen LogP contribution in [0.5, 0.6) is 0 Å². The Hall–Kier alpha value is -1.66. The standard InChI is InChI=1S/C14H15NO3S2/c1-9(7-10-3-2-6-19-10)8-15-13(16)11-4-5-12(20-11)14(17)18/h2-6,9H,7-8H2,1H3,(H,15,16)(H,17,18). The summed E-state index contributed by atoms with van der Waals surface area (Å²) in [6.07, 6.45) is 0.933. The van der Waals surface area contributed by atoms with E-state index in [9.17, 15) is 9.59 Å². The molecule has 0 aliphatic rings. The van der Waals surface area contributed by atoms with E-state index in [1.807, 2.05) is 11.4 Å². The molecule has 2 N–H and O–H groups in total. The lowest BCUT2D eigenvalue weighted by Crippen LogP contribution is -2.28. The van der Waals surface area contributed by atoms with Gasteiger partial charge in [-0.25, -0.2) is 4.79 Å². The number of hydrogen-bond donors (Lipinski definition) is 2. The molecular weight excluding hydrogens is 294 g/mol. The van der Waals surface area contributed by atoms with Crippen molar-refractivity contribution in [3.63, 3.8) is 0 Å². The Labute approximate surface area is 125 Å². The van der Waals surface area contributed by atoms with Gasteiger partial charge in [-0.05, 0) is 35.9 Å². The summed E-state index contributed by atoms with van der Waals surface area (Å²) in [4.78, 5) is 24.6. The molecule has 1 amide bonds. The van der Waals surface area contributed by atoms with Gasteiger partial charge in [-0.1, -0.05) is 13.0 Å². The molecule has 1 unspecified atom stereocenters. The van der Waals surface area contributed by atoms with E-state index in [4.69, 9.17) is 5.11 Å². The van der Waals surface area contributed by atoms with Crippen LogP contribution in [0.25, 0.3) is 0 Å². The molecule has 2 rings (SSSR count). The van der Waals surface area contributed by atoms with Crippen LogP contribution in [0, 0.1) is 5.92 Å². The van der Waals surface area contributed by atoms with Crippen LogP contribution in [-0.2, 0) is 6.42 Å². The first kappa shape index (κ1) is 14.7. The van der Waals surface area contributed by atoms with E-state index in [0.29, 0.717) is 17.3 Å². The SMILES string of the molecule is CC(CNC(=O)c1ccc(C(=O)O)s1)Cc1cccs1. The molecule has 2 aromatic rings. The molecule has 0 aliphatic carbocycles. The van der Waals surface area contributed by atoms with Crippen LogP contribution in [0.1, 0.15) is 31.1 Å². The van der Waals surface area contributed by atoms with Crippen molar-refractivity contribution in [2.45, 2.75) is 13.3 Å². The van der Waals surface area contributed by atoms with Crippen molar-refractivity contribution >= 4 is 34.6 Å². The number of amides is 1. The number of aromatic carboxylic acids is 1. The number of nitrogens with one attached hydrogen (secondary N) is 1. The number of thiophene rings is 2. The summed E-state index contributed by atoms with van der Waals surface area (Å²) >= 11 is 2.71. The summed E-state index contributed by atoms with van der Waals surface area (Å²) < 4.78 is 0. The summed E-state index contributed by atoms with van der Waals surface area (Å²) in [5.74, 6) is -0.864. The Kier molecular flexibility index (Phi) is 4.92. The predicted molar refractivity (Wildman–Crippen MR) is 80.8 cm³/mol. The fourth-order valence-electron chi connectivity index (χ4n) is 1.77. The van der Waals surface area contributed by atoms with Crippen molar-refractivity contribution in [2.24, 2.45) is 5.92 Å². The molecule has 0 saturated heterocycles. The van der Waals surface area contributed by atoms with Gasteiger partial charge in [0.2, 0.25) is 0 Å². The van der Waals surface area contributed by atoms with E-state index in [2.05, 4.69) is 18.3 Å². The quantitative estimate of drug-likeness (QED) is 0.861. The Morgan fingerprint density at radius 1 is 1.30 bits per heavy atom. The average Bonchev–Trinajstić information content (AvgIpc) is 3.06. The molecule has 0 bridgehead atoms. The minimum absolute atomic E-state index is 0.182. The van der Waals surface area contributed by atoms with Crippen molar-refractivity contribution in [3.05, 3.63) is 44.3 Å². The predicted octanol–water partition coefficient (Wildman–Crippen LogP) is 3.12. The Bertz CT molecular complexity index is 589. The van der Waals surface area contributed by atoms with E-state index in [1.54, 1.807) is 17.4 Å². The maximum atomic E-state index is 11.9. The zero-order valence-corrected chi connectivity index (χ0v) is 12.6. The molecule has 1 atom stereocenters. The molecule has 106 valence electrons. The van der Waals surface area contributed by atoms with Gasteiger partial charge in [0.05, 0.1) is 4.88 Å². The lowest BCUT2D eigenvalue weighted by Gasteiger charge is -2.10. The van der Waals surface area contributed by atoms with E-state index in [-0.39, 0.29) is 10.8 Å². The van der Waals surface area contributed by atoms with Gasteiger partial charge in [0.25, 0.3) is 5.91 Å². The van der Waals surface area contributed by atoms with E-state index < -0.39 is 5.97 Å². The van der Waals surface area contributed by atoms with Gasteiger partial charge >= 0.3 is 5.97 Å². The lowest BCUT2D eigenvalue weighted by atomic mass is 10.1. The van der Waals surface area contributed by atoms with Crippen LogP contribution in [0.2, 0.25) is 0 Å². The fraction of sp³-hybridized carbons (Fsp3) is 0.286. The Morgan fingerprint density at radius 2 is 2.05 bits per heavy atom. The van der Waals surface area contributed by atoms with Gasteiger partial charge in [0.1, 0.15) is 4.88 Å². The van der Waals surface area contributed by atoms with Gasteiger partial charge in [0, 0.05) is 11.4 Å². The molecule has 0 aromatic carbocycles. The maximum Gasteiger partial charge on any atom is 0.345 e. The second-order valence-electron chi connectivity index (χ2n) is 4.57. The second-order valence-corrected chi connectivity index (χ2v) is 6.68. The summed E-state index contributed by atoms with van der Waals surface area (Å²) in [5.41, 5.74) is 0. The van der Waals surface area contributed by atoms with Crippen LogP contribution in [0.3, 0.4) is 0 Å². The first-order chi connectivity index (χ1) is 9.56. The molecule has 0 fully saturated rings. The van der Waals surface area contributed by atoms with Gasteiger partial charge in [0.15, 0.2) is 0 Å². The molecule has 20 heavy (non-hydrogen) atoms. The van der Waals surface area contributed by atoms with Crippen molar-refractivity contribution < 1.29 is 14.7 Å². The van der Waals surface area contributed by atoms with Crippen LogP contribution < -0.4 is 5.32 Å². The van der Waals surface area contributed by atoms with Crippen molar-refractivity contribution in [2.75, 3.05) is 6.54 Å². The van der Waals surface area contributed by atoms with Gasteiger partial charge in [-0.15, -0.1) is 22.7 Å². The molecule has 0 saturated carbocycles. The van der Waals surface area contributed by atoms with Crippen LogP contribution in [0.15, 0.2) is 29.6 Å². The first-order valence-electron chi connectivity index (χ1n) is 6.20. The number of rotatable bonds is 6. The summed E-state index contributed by atoms with van der Waals surface area (Å²) in [6.45, 7) is 2.66. The fourth-order valence-corrected chi connectivity index (χ4v) is 3.40. The highest BCUT2D eigenvalue weighted by Crippen LogP contribution is 2.17. The molecule has 2 aromatic heterocycles. The van der Waals surface area contributed by atoms with Crippen molar-refractivity contribution in [3.8, 4) is 0 Å². The number of carbonyl (C=O) groups excluding carboxylic acids is 1.